The van der Waals surface area contributed by atoms with E-state index >= 15 is 8.78 Å². The minimum Gasteiger partial charge on any atom is -0.361 e. The fourth-order valence-corrected chi connectivity index (χ4v) is 2.78. The van der Waals surface area contributed by atoms with Crippen LogP contribution in [0.25, 0.3) is 0 Å². The van der Waals surface area contributed by atoms with E-state index in [-0.39, 0.29) is 24.2 Å². The molecule has 1 aromatic carbocycles. The maximum absolute atomic E-state index is 15.7. The van der Waals surface area contributed by atoms with Gasteiger partial charge in [-0.1, -0.05) is 13.8 Å². The summed E-state index contributed by atoms with van der Waals surface area (Å²) < 4.78 is 36.5. The lowest BCUT2D eigenvalue weighted by Crippen LogP contribution is -2.39. The summed E-state index contributed by atoms with van der Waals surface area (Å²) in [6, 6.07) is 5.60. The Hall–Kier alpha value is -2.79. The van der Waals surface area contributed by atoms with E-state index in [1.54, 1.807) is 27.7 Å². The van der Waals surface area contributed by atoms with Crippen molar-refractivity contribution < 1.29 is 23.1 Å². The molecule has 1 N–H and O–H groups in total. The van der Waals surface area contributed by atoms with E-state index in [0.29, 0.717) is 10.5 Å². The van der Waals surface area contributed by atoms with Crippen LogP contribution in [0.1, 0.15) is 37.5 Å². The van der Waals surface area contributed by atoms with Crippen molar-refractivity contribution in [2.45, 2.75) is 33.6 Å². The van der Waals surface area contributed by atoms with Gasteiger partial charge in [0.25, 0.3) is 0 Å². The average Bonchev–Trinajstić information content (AvgIpc) is 2.66. The molecule has 0 unspecified atom stereocenters. The highest BCUT2D eigenvalue weighted by atomic mass is 19.3. The SMILES string of the molecule is CCOCN(C=O)/C(=C(\C(=O)NC)C(C)C)C(F)(F)c1cc(C)cc(C#N)c1. The van der Waals surface area contributed by atoms with Crippen LogP contribution >= 0.6 is 0 Å². The average molecular weight is 393 g/mol. The zero-order chi connectivity index (χ0) is 21.5. The number of allylic oxidation sites excluding steroid dienone is 1. The Bertz CT molecular complexity index is 798. The van der Waals surface area contributed by atoms with Gasteiger partial charge in [-0.25, -0.2) is 0 Å². The molecule has 0 atom stereocenters. The molecule has 0 spiro atoms. The summed E-state index contributed by atoms with van der Waals surface area (Å²) in [7, 11) is 1.33. The number of nitrogens with zero attached hydrogens (tertiary/aromatic N) is 2. The highest BCUT2D eigenvalue weighted by Crippen LogP contribution is 2.41. The number of carbonyl (C=O) groups excluding carboxylic acids is 2. The number of nitriles is 1. The third kappa shape index (κ3) is 5.14. The molecule has 0 aliphatic carbocycles. The minimum atomic E-state index is -3.72. The molecule has 0 heterocycles. The quantitative estimate of drug-likeness (QED) is 0.397. The highest BCUT2D eigenvalue weighted by Gasteiger charge is 2.44. The Morgan fingerprint density at radius 2 is 2.04 bits per heavy atom. The third-order valence-electron chi connectivity index (χ3n) is 4.02. The van der Waals surface area contributed by atoms with Gasteiger partial charge in [0, 0.05) is 24.8 Å². The van der Waals surface area contributed by atoms with Gasteiger partial charge < -0.3 is 10.1 Å². The van der Waals surface area contributed by atoms with Gasteiger partial charge in [-0.3, -0.25) is 14.5 Å². The lowest BCUT2D eigenvalue weighted by atomic mass is 9.92. The molecule has 0 aliphatic rings. The first-order chi connectivity index (χ1) is 13.1. The molecule has 0 aromatic heterocycles. The van der Waals surface area contributed by atoms with E-state index in [9.17, 15) is 9.59 Å². The second-order valence-electron chi connectivity index (χ2n) is 6.47. The van der Waals surface area contributed by atoms with Crippen LogP contribution in [0.5, 0.6) is 0 Å². The van der Waals surface area contributed by atoms with Crippen molar-refractivity contribution >= 4 is 12.3 Å². The lowest BCUT2D eigenvalue weighted by Gasteiger charge is -2.31. The summed E-state index contributed by atoms with van der Waals surface area (Å²) in [6.45, 7) is 6.18. The molecule has 0 fully saturated rings. The molecule has 0 saturated carbocycles. The lowest BCUT2D eigenvalue weighted by molar-refractivity contribution is -0.125. The molecule has 0 aliphatic heterocycles. The van der Waals surface area contributed by atoms with Crippen molar-refractivity contribution in [2.24, 2.45) is 5.92 Å². The van der Waals surface area contributed by atoms with Crippen LogP contribution in [0.15, 0.2) is 29.5 Å². The molecule has 1 rings (SSSR count). The van der Waals surface area contributed by atoms with E-state index < -0.39 is 35.7 Å². The molecular formula is C20H25F2N3O3. The molecule has 8 heteroatoms. The summed E-state index contributed by atoms with van der Waals surface area (Å²) >= 11 is 0. The largest absolute Gasteiger partial charge is 0.361 e. The Morgan fingerprint density at radius 3 is 2.50 bits per heavy atom. The number of likely N-dealkylation sites (N-methyl/N-ethyl adjacent to an activating group) is 1. The van der Waals surface area contributed by atoms with Crippen molar-refractivity contribution in [1.82, 2.24) is 10.2 Å². The van der Waals surface area contributed by atoms with Crippen molar-refractivity contribution in [3.8, 4) is 6.07 Å². The first-order valence-corrected chi connectivity index (χ1v) is 8.80. The Balaban J connectivity index is 3.83. The van der Waals surface area contributed by atoms with E-state index in [2.05, 4.69) is 5.32 Å². The van der Waals surface area contributed by atoms with Crippen LogP contribution in [0.4, 0.5) is 8.78 Å². The van der Waals surface area contributed by atoms with Gasteiger partial charge in [-0.15, -0.1) is 0 Å². The van der Waals surface area contributed by atoms with Gasteiger partial charge in [0.05, 0.1) is 11.6 Å². The molecule has 28 heavy (non-hydrogen) atoms. The van der Waals surface area contributed by atoms with E-state index in [0.717, 1.165) is 6.07 Å². The number of hydrogen-bond donors (Lipinski definition) is 1. The summed E-state index contributed by atoms with van der Waals surface area (Å²) in [5, 5.41) is 11.5. The first-order valence-electron chi connectivity index (χ1n) is 8.80. The fraction of sp³-hybridized carbons (Fsp3) is 0.450. The zero-order valence-corrected chi connectivity index (χ0v) is 16.7. The van der Waals surface area contributed by atoms with Crippen molar-refractivity contribution in [2.75, 3.05) is 20.4 Å². The van der Waals surface area contributed by atoms with Gasteiger partial charge in [0.2, 0.25) is 12.3 Å². The van der Waals surface area contributed by atoms with Crippen LogP contribution in [0, 0.1) is 24.2 Å². The number of aryl methyl sites for hydroxylation is 1. The van der Waals surface area contributed by atoms with Crippen LogP contribution in [0.3, 0.4) is 0 Å². The van der Waals surface area contributed by atoms with E-state index in [4.69, 9.17) is 10.00 Å². The minimum absolute atomic E-state index is 0.0579. The second kappa shape index (κ2) is 9.95. The van der Waals surface area contributed by atoms with Crippen LogP contribution in [-0.4, -0.2) is 37.6 Å². The molecule has 1 aromatic rings. The Labute approximate surface area is 163 Å². The van der Waals surface area contributed by atoms with Crippen molar-refractivity contribution in [3.05, 3.63) is 46.2 Å². The molecule has 2 amide bonds. The summed E-state index contributed by atoms with van der Waals surface area (Å²) in [5.74, 6) is -5.05. The highest BCUT2D eigenvalue weighted by molar-refractivity contribution is 5.95. The molecule has 0 saturated heterocycles. The van der Waals surface area contributed by atoms with Crippen molar-refractivity contribution in [1.29, 1.82) is 5.26 Å². The van der Waals surface area contributed by atoms with Crippen LogP contribution in [0.2, 0.25) is 0 Å². The number of halogens is 2. The topological polar surface area (TPSA) is 82.4 Å². The van der Waals surface area contributed by atoms with Gasteiger partial charge in [-0.05, 0) is 43.5 Å². The second-order valence-corrected chi connectivity index (χ2v) is 6.47. The standard InChI is InChI=1S/C20H25F2N3O3/c1-6-28-12-25(11-26)18(17(13(2)3)19(27)24-5)20(21,22)16-8-14(4)7-15(9-16)10-23/h7-9,11,13H,6,12H2,1-5H3,(H,24,27)/b18-17-. The monoisotopic (exact) mass is 393 g/mol. The number of ether oxygens (including phenoxy) is 1. The smallest absolute Gasteiger partial charge is 0.313 e. The summed E-state index contributed by atoms with van der Waals surface area (Å²) in [5.41, 5.74) is -0.965. The molecule has 6 nitrogen and oxygen atoms in total. The number of alkyl halides is 2. The van der Waals surface area contributed by atoms with Gasteiger partial charge in [0.1, 0.15) is 12.4 Å². The zero-order valence-electron chi connectivity index (χ0n) is 16.7. The maximum atomic E-state index is 15.7. The van der Waals surface area contributed by atoms with Gasteiger partial charge in [-0.2, -0.15) is 14.0 Å². The maximum Gasteiger partial charge on any atom is 0.313 e. The van der Waals surface area contributed by atoms with Gasteiger partial charge in [0.15, 0.2) is 0 Å². The number of carbonyl (C=O) groups is 2. The molecule has 0 radical (unpaired) electrons. The number of hydrogen-bond acceptors (Lipinski definition) is 4. The molecular weight excluding hydrogens is 368 g/mol. The predicted molar refractivity (Wildman–Crippen MR) is 100 cm³/mol. The van der Waals surface area contributed by atoms with E-state index in [1.807, 2.05) is 6.07 Å². The number of rotatable bonds is 9. The fourth-order valence-electron chi connectivity index (χ4n) is 2.78. The molecule has 152 valence electrons. The van der Waals surface area contributed by atoms with Crippen LogP contribution in [-0.2, 0) is 20.2 Å². The van der Waals surface area contributed by atoms with Crippen molar-refractivity contribution in [3.63, 3.8) is 0 Å². The summed E-state index contributed by atoms with van der Waals surface area (Å²) in [4.78, 5) is 24.8. The Kier molecular flexibility index (Phi) is 8.26. The third-order valence-corrected chi connectivity index (χ3v) is 4.02. The Morgan fingerprint density at radius 1 is 1.39 bits per heavy atom. The normalized spacial score (nSPS) is 12.2. The predicted octanol–water partition coefficient (Wildman–Crippen LogP) is 3.07. The number of amides is 2. The summed E-state index contributed by atoms with van der Waals surface area (Å²) in [6.07, 6.45) is 0.214. The molecule has 0 bridgehead atoms. The first kappa shape index (κ1) is 23.2. The van der Waals surface area contributed by atoms with E-state index in [1.165, 1.54) is 19.2 Å². The number of benzene rings is 1. The number of nitrogens with one attached hydrogen (secondary N) is 1. The van der Waals surface area contributed by atoms with Crippen LogP contribution < -0.4 is 5.32 Å². The van der Waals surface area contributed by atoms with Gasteiger partial charge >= 0.3 is 5.92 Å².